The molecule has 4 rings (SSSR count). The number of nitrogens with two attached hydrogens (primary N) is 1. The van der Waals surface area contributed by atoms with Crippen LogP contribution in [0.5, 0.6) is 5.75 Å². The van der Waals surface area contributed by atoms with Gasteiger partial charge in [0, 0.05) is 17.3 Å². The van der Waals surface area contributed by atoms with Crippen LogP contribution in [0.4, 0.5) is 5.69 Å². The first-order chi connectivity index (χ1) is 13.3. The van der Waals surface area contributed by atoms with Crippen molar-refractivity contribution >= 4 is 17.6 Å². The molecule has 144 valence electrons. The van der Waals surface area contributed by atoms with Gasteiger partial charge in [-0.25, -0.2) is 4.79 Å². The van der Waals surface area contributed by atoms with E-state index in [1.807, 2.05) is 6.92 Å². The topological polar surface area (TPSA) is 141 Å². The van der Waals surface area contributed by atoms with Crippen molar-refractivity contribution in [3.63, 3.8) is 0 Å². The summed E-state index contributed by atoms with van der Waals surface area (Å²) in [4.78, 5) is 38.5. The van der Waals surface area contributed by atoms with E-state index >= 15 is 0 Å². The lowest BCUT2D eigenvalue weighted by molar-refractivity contribution is -0.138. The molecule has 9 nitrogen and oxygen atoms in total. The quantitative estimate of drug-likeness (QED) is 0.633. The molecule has 4 N–H and O–H groups in total. The van der Waals surface area contributed by atoms with Crippen molar-refractivity contribution in [3.8, 4) is 5.75 Å². The summed E-state index contributed by atoms with van der Waals surface area (Å²) in [6, 6.07) is 6.17. The maximum atomic E-state index is 13.3. The second kappa shape index (κ2) is 5.96. The molecule has 2 aromatic rings. The molecular formula is C19H16N2O7. The molecule has 28 heavy (non-hydrogen) atoms. The van der Waals surface area contributed by atoms with E-state index in [2.05, 4.69) is 5.32 Å². The summed E-state index contributed by atoms with van der Waals surface area (Å²) in [5.41, 5.74) is 4.71. The fraction of sp³-hybridized carbons (Fsp3) is 0.211. The molecule has 0 saturated heterocycles. The normalized spacial score (nSPS) is 19.8. The Hall–Kier alpha value is -3.59. The number of benzene rings is 1. The molecule has 1 unspecified atom stereocenters. The van der Waals surface area contributed by atoms with Crippen molar-refractivity contribution in [1.29, 1.82) is 0 Å². The monoisotopic (exact) mass is 384 g/mol. The van der Waals surface area contributed by atoms with Crippen LogP contribution in [0.2, 0.25) is 0 Å². The Morgan fingerprint density at radius 2 is 2.07 bits per heavy atom. The summed E-state index contributed by atoms with van der Waals surface area (Å²) < 4.78 is 15.9. The molecule has 0 saturated carbocycles. The van der Waals surface area contributed by atoms with Crippen LogP contribution in [0.15, 0.2) is 44.9 Å². The standard InChI is InChI=1S/C19H16N2O7/c1-8-3-4-11-10(5-8)19(18(25)21-11)13(17(24)26-2)16(20)28-14-12(23)6-9(7-22)27-15(14)19/h3-6,22H,7,20H2,1-2H3,(H,21,25). The Morgan fingerprint density at radius 1 is 1.32 bits per heavy atom. The van der Waals surface area contributed by atoms with Gasteiger partial charge in [-0.05, 0) is 13.0 Å². The zero-order valence-corrected chi connectivity index (χ0v) is 15.0. The minimum Gasteiger partial charge on any atom is -0.465 e. The molecule has 0 aliphatic carbocycles. The average Bonchev–Trinajstić information content (AvgIpc) is 2.94. The highest BCUT2D eigenvalue weighted by atomic mass is 16.5. The Morgan fingerprint density at radius 3 is 2.75 bits per heavy atom. The van der Waals surface area contributed by atoms with E-state index in [4.69, 9.17) is 19.6 Å². The van der Waals surface area contributed by atoms with Gasteiger partial charge in [0.25, 0.3) is 0 Å². The van der Waals surface area contributed by atoms with Crippen molar-refractivity contribution < 1.29 is 28.6 Å². The van der Waals surface area contributed by atoms with Crippen molar-refractivity contribution in [2.24, 2.45) is 5.73 Å². The van der Waals surface area contributed by atoms with E-state index < -0.39 is 35.2 Å². The highest BCUT2D eigenvalue weighted by Crippen LogP contribution is 2.53. The van der Waals surface area contributed by atoms with Crippen molar-refractivity contribution in [2.45, 2.75) is 18.9 Å². The molecule has 1 amide bonds. The van der Waals surface area contributed by atoms with Crippen LogP contribution >= 0.6 is 0 Å². The number of aliphatic hydroxyl groups excluding tert-OH is 1. The summed E-state index contributed by atoms with van der Waals surface area (Å²) in [7, 11) is 1.14. The number of hydrogen-bond acceptors (Lipinski definition) is 8. The first-order valence-corrected chi connectivity index (χ1v) is 8.32. The van der Waals surface area contributed by atoms with Gasteiger partial charge in [-0.15, -0.1) is 0 Å². The number of anilines is 1. The zero-order chi connectivity index (χ0) is 20.2. The minimum absolute atomic E-state index is 0.0923. The predicted octanol–water partition coefficient (Wildman–Crippen LogP) is 0.414. The summed E-state index contributed by atoms with van der Waals surface area (Å²) in [6.45, 7) is 1.22. The number of hydrogen-bond donors (Lipinski definition) is 3. The first-order valence-electron chi connectivity index (χ1n) is 8.32. The summed E-state index contributed by atoms with van der Waals surface area (Å²) in [5, 5.41) is 12.2. The van der Waals surface area contributed by atoms with Crippen molar-refractivity contribution in [3.05, 3.63) is 68.6 Å². The third kappa shape index (κ3) is 2.13. The van der Waals surface area contributed by atoms with Crippen LogP contribution in [0.25, 0.3) is 0 Å². The van der Waals surface area contributed by atoms with E-state index in [1.54, 1.807) is 18.2 Å². The number of fused-ring (bicyclic) bond motifs is 4. The lowest BCUT2D eigenvalue weighted by Gasteiger charge is -2.33. The molecule has 2 aliphatic heterocycles. The molecular weight excluding hydrogens is 368 g/mol. The number of rotatable bonds is 2. The molecule has 1 atom stereocenters. The van der Waals surface area contributed by atoms with Crippen molar-refractivity contribution in [2.75, 3.05) is 12.4 Å². The number of ether oxygens (including phenoxy) is 2. The number of aryl methyl sites for hydroxylation is 1. The molecule has 0 fully saturated rings. The second-order valence-corrected chi connectivity index (χ2v) is 6.48. The maximum absolute atomic E-state index is 13.3. The Bertz CT molecular complexity index is 1130. The molecule has 0 radical (unpaired) electrons. The summed E-state index contributed by atoms with van der Waals surface area (Å²) in [5.74, 6) is -2.66. The number of esters is 1. The third-order valence-electron chi connectivity index (χ3n) is 4.84. The first kappa shape index (κ1) is 17.8. The Kier molecular flexibility index (Phi) is 3.79. The molecule has 9 heteroatoms. The zero-order valence-electron chi connectivity index (χ0n) is 15.0. The Labute approximate surface area is 158 Å². The fourth-order valence-electron chi connectivity index (χ4n) is 3.66. The van der Waals surface area contributed by atoms with Crippen LogP contribution in [-0.4, -0.2) is 24.1 Å². The number of nitrogens with one attached hydrogen (secondary N) is 1. The highest BCUT2D eigenvalue weighted by Gasteiger charge is 2.61. The average molecular weight is 384 g/mol. The number of carbonyl (C=O) groups excluding carboxylic acids is 2. The van der Waals surface area contributed by atoms with E-state index in [0.717, 1.165) is 18.7 Å². The van der Waals surface area contributed by atoms with E-state index in [0.29, 0.717) is 11.3 Å². The number of carbonyl (C=O) groups is 2. The van der Waals surface area contributed by atoms with Crippen LogP contribution in [0.1, 0.15) is 22.6 Å². The summed E-state index contributed by atoms with van der Waals surface area (Å²) >= 11 is 0. The van der Waals surface area contributed by atoms with Gasteiger partial charge in [0.15, 0.2) is 11.2 Å². The molecule has 1 aromatic heterocycles. The SMILES string of the molecule is COC(=O)C1=C(N)Oc2c(oc(CO)cc2=O)C12C(=O)Nc1ccc(C)cc12. The van der Waals surface area contributed by atoms with Gasteiger partial charge < -0.3 is 30.0 Å². The van der Waals surface area contributed by atoms with E-state index in [-0.39, 0.29) is 22.8 Å². The Balaban J connectivity index is 2.19. The lowest BCUT2D eigenvalue weighted by atomic mass is 9.71. The van der Waals surface area contributed by atoms with Gasteiger partial charge in [0.1, 0.15) is 17.9 Å². The van der Waals surface area contributed by atoms with Crippen LogP contribution in [0, 0.1) is 6.92 Å². The summed E-state index contributed by atoms with van der Waals surface area (Å²) in [6.07, 6.45) is 0. The number of methoxy groups -OCH3 is 1. The smallest absolute Gasteiger partial charge is 0.341 e. The molecule has 1 spiro atoms. The number of amides is 1. The molecule has 3 heterocycles. The van der Waals surface area contributed by atoms with E-state index in [1.165, 1.54) is 0 Å². The molecule has 0 bridgehead atoms. The van der Waals surface area contributed by atoms with Crippen LogP contribution in [-0.2, 0) is 26.3 Å². The lowest BCUT2D eigenvalue weighted by Crippen LogP contribution is -2.46. The van der Waals surface area contributed by atoms with E-state index in [9.17, 15) is 19.5 Å². The highest BCUT2D eigenvalue weighted by molar-refractivity contribution is 6.17. The van der Waals surface area contributed by atoms with Gasteiger partial charge in [-0.2, -0.15) is 0 Å². The van der Waals surface area contributed by atoms with Crippen molar-refractivity contribution in [1.82, 2.24) is 0 Å². The third-order valence-corrected chi connectivity index (χ3v) is 4.84. The van der Waals surface area contributed by atoms with Gasteiger partial charge in [0.2, 0.25) is 23.0 Å². The molecule has 1 aromatic carbocycles. The predicted molar refractivity (Wildman–Crippen MR) is 95.3 cm³/mol. The molecule has 2 aliphatic rings. The minimum atomic E-state index is -1.89. The van der Waals surface area contributed by atoms with Gasteiger partial charge in [-0.3, -0.25) is 9.59 Å². The van der Waals surface area contributed by atoms with Crippen LogP contribution in [0.3, 0.4) is 0 Å². The second-order valence-electron chi connectivity index (χ2n) is 6.48. The largest absolute Gasteiger partial charge is 0.465 e. The van der Waals surface area contributed by atoms with Gasteiger partial charge in [0.05, 0.1) is 7.11 Å². The van der Waals surface area contributed by atoms with Crippen LogP contribution < -0.4 is 21.2 Å². The van der Waals surface area contributed by atoms with Gasteiger partial charge >= 0.3 is 5.97 Å². The van der Waals surface area contributed by atoms with Gasteiger partial charge in [-0.1, -0.05) is 17.7 Å². The maximum Gasteiger partial charge on any atom is 0.341 e. The number of aliphatic hydroxyl groups is 1. The fourth-order valence-corrected chi connectivity index (χ4v) is 3.66.